The van der Waals surface area contributed by atoms with E-state index in [1.54, 1.807) is 7.05 Å². The summed E-state index contributed by atoms with van der Waals surface area (Å²) in [4.78, 5) is 35.3. The van der Waals surface area contributed by atoms with Crippen molar-refractivity contribution in [2.45, 2.75) is 51.5 Å². The molecule has 8 nitrogen and oxygen atoms in total. The van der Waals surface area contributed by atoms with E-state index in [2.05, 4.69) is 17.6 Å². The molecule has 1 aromatic rings. The minimum absolute atomic E-state index is 0.0441. The molecule has 0 radical (unpaired) electrons. The Balaban J connectivity index is 1.33. The van der Waals surface area contributed by atoms with Crippen LogP contribution in [0.2, 0.25) is 0 Å². The average Bonchev–Trinajstić information content (AvgIpc) is 2.70. The monoisotopic (exact) mass is 415 g/mol. The van der Waals surface area contributed by atoms with Crippen molar-refractivity contribution in [1.29, 1.82) is 0 Å². The van der Waals surface area contributed by atoms with E-state index in [1.807, 2.05) is 0 Å². The van der Waals surface area contributed by atoms with Crippen molar-refractivity contribution in [3.05, 3.63) is 33.9 Å². The quantitative estimate of drug-likeness (QED) is 0.400. The molecule has 4 fully saturated rings. The molecular formula is C22H29N3O5. The summed E-state index contributed by atoms with van der Waals surface area (Å²) in [5.41, 5.74) is 0.311. The first-order valence-electron chi connectivity index (χ1n) is 10.7. The topological polar surface area (TPSA) is 111 Å². The van der Waals surface area contributed by atoms with Gasteiger partial charge in [-0.3, -0.25) is 14.9 Å². The van der Waals surface area contributed by atoms with Gasteiger partial charge in [0.2, 0.25) is 0 Å². The lowest BCUT2D eigenvalue weighted by molar-refractivity contribution is -0.384. The number of amides is 1. The predicted molar refractivity (Wildman–Crippen MR) is 111 cm³/mol. The summed E-state index contributed by atoms with van der Waals surface area (Å²) < 4.78 is 5.12. The molecule has 0 saturated heterocycles. The van der Waals surface area contributed by atoms with E-state index in [1.165, 1.54) is 50.7 Å². The second kappa shape index (κ2) is 7.89. The van der Waals surface area contributed by atoms with Gasteiger partial charge in [0.15, 0.2) is 6.61 Å². The lowest BCUT2D eigenvalue weighted by Crippen LogP contribution is -2.56. The van der Waals surface area contributed by atoms with Gasteiger partial charge in [-0.05, 0) is 80.8 Å². The standard InChI is InChI=1S/C22H29N3O5/c1-13(22-9-14-5-15(10-22)7-16(6-14)11-22)24-20(26)12-30-21(27)17-3-4-18(23-2)19(8-17)25(28)29/h3-4,8,13-16,23H,5-7,9-12H2,1-2H3,(H,24,26). The van der Waals surface area contributed by atoms with Crippen LogP contribution >= 0.6 is 0 Å². The zero-order valence-electron chi connectivity index (χ0n) is 17.5. The summed E-state index contributed by atoms with van der Waals surface area (Å²) in [5, 5.41) is 16.9. The van der Waals surface area contributed by atoms with E-state index >= 15 is 0 Å². The SMILES string of the molecule is CNc1ccc(C(=O)OCC(=O)NC(C)C23CC4CC(CC(C4)C2)C3)cc1[N+](=O)[O-]. The molecule has 0 heterocycles. The molecule has 1 amide bonds. The number of esters is 1. The van der Waals surface area contributed by atoms with Crippen LogP contribution in [-0.4, -0.2) is 36.5 Å². The molecule has 1 unspecified atom stereocenters. The predicted octanol–water partition coefficient (Wildman–Crippen LogP) is 3.51. The van der Waals surface area contributed by atoms with Crippen LogP contribution < -0.4 is 10.6 Å². The highest BCUT2D eigenvalue weighted by molar-refractivity contribution is 5.93. The van der Waals surface area contributed by atoms with Gasteiger partial charge in [-0.25, -0.2) is 4.79 Å². The van der Waals surface area contributed by atoms with Crippen molar-refractivity contribution in [2.75, 3.05) is 19.0 Å². The van der Waals surface area contributed by atoms with Crippen molar-refractivity contribution in [2.24, 2.45) is 23.2 Å². The molecule has 0 spiro atoms. The van der Waals surface area contributed by atoms with Crippen LogP contribution in [0.4, 0.5) is 11.4 Å². The maximum Gasteiger partial charge on any atom is 0.338 e. The van der Waals surface area contributed by atoms with Gasteiger partial charge in [0.1, 0.15) is 5.69 Å². The molecule has 4 bridgehead atoms. The first-order valence-corrected chi connectivity index (χ1v) is 10.7. The van der Waals surface area contributed by atoms with E-state index in [9.17, 15) is 19.7 Å². The summed E-state index contributed by atoms with van der Waals surface area (Å²) in [6.45, 7) is 1.68. The van der Waals surface area contributed by atoms with Crippen LogP contribution in [0.5, 0.6) is 0 Å². The number of benzene rings is 1. The number of nitro benzene ring substituents is 1. The van der Waals surface area contributed by atoms with Gasteiger partial charge in [-0.1, -0.05) is 0 Å². The van der Waals surface area contributed by atoms with Crippen LogP contribution in [0.25, 0.3) is 0 Å². The fourth-order valence-electron chi connectivity index (χ4n) is 6.38. The van der Waals surface area contributed by atoms with Gasteiger partial charge in [0.05, 0.1) is 10.5 Å². The molecule has 8 heteroatoms. The van der Waals surface area contributed by atoms with Gasteiger partial charge < -0.3 is 15.4 Å². The van der Waals surface area contributed by atoms with Crippen LogP contribution in [0.15, 0.2) is 18.2 Å². The fourth-order valence-corrected chi connectivity index (χ4v) is 6.38. The van der Waals surface area contributed by atoms with Gasteiger partial charge in [0, 0.05) is 19.2 Å². The van der Waals surface area contributed by atoms with Gasteiger partial charge >= 0.3 is 5.97 Å². The lowest BCUT2D eigenvalue weighted by Gasteiger charge is -2.59. The van der Waals surface area contributed by atoms with E-state index in [4.69, 9.17) is 4.74 Å². The molecule has 2 N–H and O–H groups in total. The number of hydrogen-bond donors (Lipinski definition) is 2. The largest absolute Gasteiger partial charge is 0.452 e. The second-order valence-corrected chi connectivity index (χ2v) is 9.38. The minimum Gasteiger partial charge on any atom is -0.452 e. The first kappa shape index (κ1) is 20.6. The van der Waals surface area contributed by atoms with Crippen molar-refractivity contribution < 1.29 is 19.2 Å². The molecule has 0 aliphatic heterocycles. The number of ether oxygens (including phenoxy) is 1. The van der Waals surface area contributed by atoms with Gasteiger partial charge in [-0.2, -0.15) is 0 Å². The summed E-state index contributed by atoms with van der Waals surface area (Å²) in [6.07, 6.45) is 7.58. The smallest absolute Gasteiger partial charge is 0.338 e. The molecule has 5 rings (SSSR count). The third kappa shape index (κ3) is 3.87. The average molecular weight is 415 g/mol. The van der Waals surface area contributed by atoms with Crippen molar-refractivity contribution in [3.8, 4) is 0 Å². The molecule has 4 aliphatic carbocycles. The molecule has 4 saturated carbocycles. The van der Waals surface area contributed by atoms with Crippen molar-refractivity contribution >= 4 is 23.3 Å². The third-order valence-electron chi connectivity index (χ3n) is 7.42. The molecule has 1 aromatic carbocycles. The Morgan fingerprint density at radius 3 is 2.33 bits per heavy atom. The van der Waals surface area contributed by atoms with Gasteiger partial charge in [0.25, 0.3) is 11.6 Å². The lowest BCUT2D eigenvalue weighted by atomic mass is 9.48. The molecule has 4 aliphatic rings. The Bertz CT molecular complexity index is 833. The van der Waals surface area contributed by atoms with Gasteiger partial charge in [-0.15, -0.1) is 0 Å². The van der Waals surface area contributed by atoms with E-state index in [0.717, 1.165) is 23.8 Å². The fraction of sp³-hybridized carbons (Fsp3) is 0.636. The second-order valence-electron chi connectivity index (χ2n) is 9.38. The highest BCUT2D eigenvalue weighted by Gasteiger charge is 2.53. The number of nitro groups is 1. The summed E-state index contributed by atoms with van der Waals surface area (Å²) in [6, 6.07) is 4.10. The summed E-state index contributed by atoms with van der Waals surface area (Å²) >= 11 is 0. The number of carbonyl (C=O) groups is 2. The highest BCUT2D eigenvalue weighted by atomic mass is 16.6. The normalized spacial score (nSPS) is 29.9. The summed E-state index contributed by atoms with van der Waals surface area (Å²) in [7, 11) is 1.57. The Labute approximate surface area is 175 Å². The van der Waals surface area contributed by atoms with Crippen LogP contribution in [-0.2, 0) is 9.53 Å². The first-order chi connectivity index (χ1) is 14.3. The number of nitrogens with one attached hydrogen (secondary N) is 2. The number of carbonyl (C=O) groups excluding carboxylic acids is 2. The molecule has 1 atom stereocenters. The van der Waals surface area contributed by atoms with E-state index in [0.29, 0.717) is 5.69 Å². The van der Waals surface area contributed by atoms with Crippen molar-refractivity contribution in [3.63, 3.8) is 0 Å². The number of anilines is 1. The van der Waals surface area contributed by atoms with Crippen LogP contribution in [0.1, 0.15) is 55.8 Å². The minimum atomic E-state index is -0.752. The third-order valence-corrected chi connectivity index (χ3v) is 7.42. The summed E-state index contributed by atoms with van der Waals surface area (Å²) in [5.74, 6) is 1.31. The molecule has 0 aromatic heterocycles. The zero-order valence-corrected chi connectivity index (χ0v) is 17.5. The number of nitrogens with zero attached hydrogens (tertiary/aromatic N) is 1. The van der Waals surface area contributed by atoms with Crippen LogP contribution in [0, 0.1) is 33.3 Å². The Morgan fingerprint density at radius 2 is 1.80 bits per heavy atom. The van der Waals surface area contributed by atoms with E-state index in [-0.39, 0.29) is 28.6 Å². The number of rotatable bonds is 7. The maximum absolute atomic E-state index is 12.5. The van der Waals surface area contributed by atoms with E-state index < -0.39 is 17.5 Å². The van der Waals surface area contributed by atoms with Crippen LogP contribution in [0.3, 0.4) is 0 Å². The molecule has 162 valence electrons. The number of hydrogen-bond acceptors (Lipinski definition) is 6. The Kier molecular flexibility index (Phi) is 5.42. The Hall–Kier alpha value is -2.64. The molecular weight excluding hydrogens is 386 g/mol. The zero-order chi connectivity index (χ0) is 21.5. The maximum atomic E-state index is 12.5. The Morgan fingerprint density at radius 1 is 1.20 bits per heavy atom. The van der Waals surface area contributed by atoms with Crippen molar-refractivity contribution in [1.82, 2.24) is 5.32 Å². The molecule has 30 heavy (non-hydrogen) atoms. The highest BCUT2D eigenvalue weighted by Crippen LogP contribution is 2.61.